The molecule has 0 aliphatic heterocycles. The number of H-pyrrole nitrogens is 1. The minimum atomic E-state index is -0.107. The first kappa shape index (κ1) is 19.0. The molecule has 8 nitrogen and oxygen atoms in total. The second-order valence-corrected chi connectivity index (χ2v) is 6.62. The molecular weight excluding hydrogens is 368 g/mol. The van der Waals surface area contributed by atoms with Crippen LogP contribution in [0.4, 0.5) is 0 Å². The zero-order chi connectivity index (χ0) is 19.4. The molecule has 0 amide bonds. The fraction of sp³-hybridized carbons (Fsp3) is 0.333. The number of aromatic nitrogens is 4. The molecule has 9 heteroatoms. The van der Waals surface area contributed by atoms with Crippen molar-refractivity contribution in [2.45, 2.75) is 31.2 Å². The Kier molecular flexibility index (Phi) is 5.80. The van der Waals surface area contributed by atoms with Gasteiger partial charge in [0.05, 0.1) is 20.0 Å². The summed E-state index contributed by atoms with van der Waals surface area (Å²) in [5.41, 5.74) is 2.08. The number of thioether (sulfide) groups is 1. The van der Waals surface area contributed by atoms with Crippen LogP contribution in [0, 0.1) is 6.92 Å². The molecular formula is C18H20N4O4S. The highest BCUT2D eigenvalue weighted by Crippen LogP contribution is 2.31. The Morgan fingerprint density at radius 3 is 2.63 bits per heavy atom. The molecule has 0 spiro atoms. The van der Waals surface area contributed by atoms with Gasteiger partial charge in [-0.3, -0.25) is 4.79 Å². The third-order valence-corrected chi connectivity index (χ3v) is 4.85. The average Bonchev–Trinajstić information content (AvgIpc) is 3.14. The van der Waals surface area contributed by atoms with Crippen LogP contribution in [0.5, 0.6) is 11.5 Å². The minimum Gasteiger partial charge on any atom is -0.493 e. The van der Waals surface area contributed by atoms with Crippen molar-refractivity contribution in [1.82, 2.24) is 20.1 Å². The predicted molar refractivity (Wildman–Crippen MR) is 101 cm³/mol. The SMILES string of the molecule is CCc1c(C)nc(SCc2nc(-c3ccc(OC)c(OC)c3)no2)[nH]c1=O. The number of aromatic amines is 1. The average molecular weight is 388 g/mol. The molecule has 0 unspecified atom stereocenters. The minimum absolute atomic E-state index is 0.107. The maximum Gasteiger partial charge on any atom is 0.254 e. The van der Waals surface area contributed by atoms with Crippen LogP contribution in [-0.2, 0) is 12.2 Å². The van der Waals surface area contributed by atoms with Gasteiger partial charge in [-0.05, 0) is 31.5 Å². The Morgan fingerprint density at radius 1 is 1.19 bits per heavy atom. The first-order valence-electron chi connectivity index (χ1n) is 8.33. The van der Waals surface area contributed by atoms with E-state index < -0.39 is 0 Å². The second kappa shape index (κ2) is 8.26. The summed E-state index contributed by atoms with van der Waals surface area (Å²) < 4.78 is 15.8. The van der Waals surface area contributed by atoms with E-state index >= 15 is 0 Å². The molecule has 27 heavy (non-hydrogen) atoms. The number of ether oxygens (including phenoxy) is 2. The zero-order valence-corrected chi connectivity index (χ0v) is 16.3. The lowest BCUT2D eigenvalue weighted by molar-refractivity contribution is 0.355. The highest BCUT2D eigenvalue weighted by Gasteiger charge is 2.13. The molecule has 3 aromatic rings. The van der Waals surface area contributed by atoms with Gasteiger partial charge in [-0.2, -0.15) is 4.98 Å². The second-order valence-electron chi connectivity index (χ2n) is 5.66. The molecule has 0 aliphatic carbocycles. The normalized spacial score (nSPS) is 10.8. The predicted octanol–water partition coefficient (Wildman–Crippen LogP) is 3.00. The van der Waals surface area contributed by atoms with Crippen molar-refractivity contribution in [3.63, 3.8) is 0 Å². The van der Waals surface area contributed by atoms with E-state index in [2.05, 4.69) is 20.1 Å². The maximum absolute atomic E-state index is 12.0. The lowest BCUT2D eigenvalue weighted by atomic mass is 10.2. The molecule has 0 saturated carbocycles. The van der Waals surface area contributed by atoms with E-state index in [4.69, 9.17) is 14.0 Å². The summed E-state index contributed by atoms with van der Waals surface area (Å²) in [5, 5.41) is 4.53. The highest BCUT2D eigenvalue weighted by atomic mass is 32.2. The number of benzene rings is 1. The van der Waals surface area contributed by atoms with Gasteiger partial charge in [0, 0.05) is 16.8 Å². The van der Waals surface area contributed by atoms with Crippen molar-refractivity contribution in [3.05, 3.63) is 45.7 Å². The van der Waals surface area contributed by atoms with Gasteiger partial charge in [-0.15, -0.1) is 0 Å². The van der Waals surface area contributed by atoms with Gasteiger partial charge in [-0.1, -0.05) is 23.8 Å². The smallest absolute Gasteiger partial charge is 0.254 e. The van der Waals surface area contributed by atoms with Crippen LogP contribution in [0.2, 0.25) is 0 Å². The van der Waals surface area contributed by atoms with Crippen molar-refractivity contribution < 1.29 is 14.0 Å². The molecule has 0 bridgehead atoms. The number of nitrogens with one attached hydrogen (secondary N) is 1. The summed E-state index contributed by atoms with van der Waals surface area (Å²) >= 11 is 1.34. The fourth-order valence-corrected chi connectivity index (χ4v) is 3.35. The number of rotatable bonds is 7. The Bertz CT molecular complexity index is 999. The molecule has 0 saturated heterocycles. The van der Waals surface area contributed by atoms with E-state index in [1.54, 1.807) is 26.4 Å². The number of methoxy groups -OCH3 is 2. The van der Waals surface area contributed by atoms with E-state index in [9.17, 15) is 4.79 Å². The van der Waals surface area contributed by atoms with Gasteiger partial charge in [-0.25, -0.2) is 4.98 Å². The molecule has 1 N–H and O–H groups in total. The first-order chi connectivity index (χ1) is 13.0. The molecule has 0 fully saturated rings. The van der Waals surface area contributed by atoms with Crippen molar-refractivity contribution in [2.75, 3.05) is 14.2 Å². The summed E-state index contributed by atoms with van der Waals surface area (Å²) in [6, 6.07) is 5.40. The maximum atomic E-state index is 12.0. The quantitative estimate of drug-likeness (QED) is 0.487. The number of hydrogen-bond acceptors (Lipinski definition) is 8. The highest BCUT2D eigenvalue weighted by molar-refractivity contribution is 7.98. The standard InChI is InChI=1S/C18H20N4O4S/c1-5-12-10(2)19-18(21-17(12)23)27-9-15-20-16(22-26-15)11-6-7-13(24-3)14(8-11)25-4/h6-8H,5,9H2,1-4H3,(H,19,21,23). The summed E-state index contributed by atoms with van der Waals surface area (Å²) in [7, 11) is 3.15. The Labute approximate surface area is 160 Å². The lowest BCUT2D eigenvalue weighted by Gasteiger charge is -2.07. The van der Waals surface area contributed by atoms with Crippen LogP contribution in [0.3, 0.4) is 0 Å². The molecule has 0 aliphatic rings. The van der Waals surface area contributed by atoms with E-state index in [1.165, 1.54) is 11.8 Å². The summed E-state index contributed by atoms with van der Waals surface area (Å²) in [5.74, 6) is 2.49. The van der Waals surface area contributed by atoms with Crippen LogP contribution in [0.15, 0.2) is 32.7 Å². The molecule has 2 heterocycles. The zero-order valence-electron chi connectivity index (χ0n) is 15.5. The van der Waals surface area contributed by atoms with Crippen LogP contribution < -0.4 is 15.0 Å². The fourth-order valence-electron chi connectivity index (χ4n) is 2.61. The van der Waals surface area contributed by atoms with Gasteiger partial charge in [0.2, 0.25) is 11.7 Å². The number of aryl methyl sites for hydroxylation is 1. The topological polar surface area (TPSA) is 103 Å². The van der Waals surface area contributed by atoms with Gasteiger partial charge in [0.15, 0.2) is 16.7 Å². The molecule has 3 rings (SSSR count). The Balaban J connectivity index is 1.74. The van der Waals surface area contributed by atoms with E-state index in [-0.39, 0.29) is 5.56 Å². The van der Waals surface area contributed by atoms with Crippen molar-refractivity contribution >= 4 is 11.8 Å². The third kappa shape index (κ3) is 4.13. The van der Waals surface area contributed by atoms with Crippen molar-refractivity contribution in [3.8, 4) is 22.9 Å². The molecule has 2 aromatic heterocycles. The van der Waals surface area contributed by atoms with Crippen LogP contribution >= 0.6 is 11.8 Å². The first-order valence-corrected chi connectivity index (χ1v) is 9.31. The molecule has 142 valence electrons. The van der Waals surface area contributed by atoms with E-state index in [1.807, 2.05) is 19.9 Å². The summed E-state index contributed by atoms with van der Waals surface area (Å²) in [6.07, 6.45) is 0.650. The monoisotopic (exact) mass is 388 g/mol. The van der Waals surface area contributed by atoms with E-state index in [0.717, 1.165) is 11.3 Å². The van der Waals surface area contributed by atoms with Crippen LogP contribution in [0.25, 0.3) is 11.4 Å². The lowest BCUT2D eigenvalue weighted by Crippen LogP contribution is -2.16. The molecule has 0 radical (unpaired) electrons. The number of nitrogens with zero attached hydrogens (tertiary/aromatic N) is 3. The van der Waals surface area contributed by atoms with Gasteiger partial charge in [0.1, 0.15) is 0 Å². The van der Waals surface area contributed by atoms with E-state index in [0.29, 0.717) is 46.1 Å². The molecule has 0 atom stereocenters. The van der Waals surface area contributed by atoms with Crippen molar-refractivity contribution in [2.24, 2.45) is 0 Å². The van der Waals surface area contributed by atoms with Crippen molar-refractivity contribution in [1.29, 1.82) is 0 Å². The Morgan fingerprint density at radius 2 is 1.96 bits per heavy atom. The third-order valence-electron chi connectivity index (χ3n) is 4.00. The Hall–Kier alpha value is -2.81. The van der Waals surface area contributed by atoms with Crippen LogP contribution in [-0.4, -0.2) is 34.3 Å². The number of hydrogen-bond donors (Lipinski definition) is 1. The van der Waals surface area contributed by atoms with Crippen LogP contribution in [0.1, 0.15) is 24.1 Å². The van der Waals surface area contributed by atoms with Gasteiger partial charge < -0.3 is 19.0 Å². The largest absolute Gasteiger partial charge is 0.493 e. The molecule has 1 aromatic carbocycles. The summed E-state index contributed by atoms with van der Waals surface area (Å²) in [6.45, 7) is 3.76. The summed E-state index contributed by atoms with van der Waals surface area (Å²) in [4.78, 5) is 23.6. The van der Waals surface area contributed by atoms with Gasteiger partial charge in [0.25, 0.3) is 5.56 Å². The van der Waals surface area contributed by atoms with Gasteiger partial charge >= 0.3 is 0 Å².